The summed E-state index contributed by atoms with van der Waals surface area (Å²) < 4.78 is 1.55. The number of carboxylic acid groups (broad SMARTS) is 1. The maximum Gasteiger partial charge on any atom is 0.356 e. The molecule has 0 aliphatic heterocycles. The quantitative estimate of drug-likeness (QED) is 0.806. The van der Waals surface area contributed by atoms with E-state index in [4.69, 9.17) is 16.7 Å². The first-order valence-corrected chi connectivity index (χ1v) is 6.52. The van der Waals surface area contributed by atoms with Gasteiger partial charge in [-0.25, -0.2) is 9.48 Å². The van der Waals surface area contributed by atoms with Crippen molar-refractivity contribution in [3.05, 3.63) is 65.6 Å². The average molecular weight is 300 g/mol. The molecule has 0 fully saturated rings. The van der Waals surface area contributed by atoms with Crippen molar-refractivity contribution in [3.8, 4) is 16.9 Å². The maximum atomic E-state index is 11.2. The number of pyridine rings is 1. The fourth-order valence-electron chi connectivity index (χ4n) is 2.01. The Kier molecular flexibility index (Phi) is 3.41. The summed E-state index contributed by atoms with van der Waals surface area (Å²) in [6.45, 7) is 0. The fourth-order valence-corrected chi connectivity index (χ4v) is 2.19. The largest absolute Gasteiger partial charge is 0.476 e. The second-order valence-corrected chi connectivity index (χ2v) is 4.79. The third-order valence-electron chi connectivity index (χ3n) is 2.94. The average Bonchev–Trinajstić information content (AvgIpc) is 2.93. The third kappa shape index (κ3) is 2.64. The van der Waals surface area contributed by atoms with Crippen molar-refractivity contribution in [2.75, 3.05) is 0 Å². The van der Waals surface area contributed by atoms with Crippen LogP contribution in [0.4, 0.5) is 0 Å². The summed E-state index contributed by atoms with van der Waals surface area (Å²) in [6, 6.07) is 12.2. The van der Waals surface area contributed by atoms with Gasteiger partial charge in [-0.15, -0.1) is 0 Å². The van der Waals surface area contributed by atoms with Crippen LogP contribution in [-0.4, -0.2) is 25.8 Å². The van der Waals surface area contributed by atoms with Gasteiger partial charge in [0.25, 0.3) is 0 Å². The van der Waals surface area contributed by atoms with Gasteiger partial charge in [0, 0.05) is 23.0 Å². The van der Waals surface area contributed by atoms with Gasteiger partial charge in [0.2, 0.25) is 0 Å². The summed E-state index contributed by atoms with van der Waals surface area (Å²) in [5.74, 6) is -1.08. The van der Waals surface area contributed by atoms with E-state index in [0.29, 0.717) is 16.4 Å². The molecule has 21 heavy (non-hydrogen) atoms. The predicted octanol–water partition coefficient (Wildman–Crippen LogP) is 3.29. The van der Waals surface area contributed by atoms with Gasteiger partial charge in [0.15, 0.2) is 5.69 Å². The monoisotopic (exact) mass is 299 g/mol. The van der Waals surface area contributed by atoms with Crippen LogP contribution in [0.25, 0.3) is 16.9 Å². The van der Waals surface area contributed by atoms with Gasteiger partial charge < -0.3 is 5.11 Å². The molecule has 3 aromatic rings. The molecule has 0 aliphatic carbocycles. The van der Waals surface area contributed by atoms with Crippen LogP contribution in [-0.2, 0) is 0 Å². The molecule has 0 bridgehead atoms. The Labute approximate surface area is 125 Å². The molecule has 2 heterocycles. The van der Waals surface area contributed by atoms with Crippen LogP contribution < -0.4 is 0 Å². The lowest BCUT2D eigenvalue weighted by Gasteiger charge is -2.07. The minimum atomic E-state index is -1.08. The van der Waals surface area contributed by atoms with Gasteiger partial charge in [-0.05, 0) is 36.4 Å². The van der Waals surface area contributed by atoms with Crippen LogP contribution in [0.5, 0.6) is 0 Å². The summed E-state index contributed by atoms with van der Waals surface area (Å²) in [7, 11) is 0. The molecule has 0 unspecified atom stereocenters. The van der Waals surface area contributed by atoms with Crippen molar-refractivity contribution >= 4 is 17.6 Å². The van der Waals surface area contributed by atoms with Gasteiger partial charge >= 0.3 is 5.97 Å². The van der Waals surface area contributed by atoms with Crippen LogP contribution in [0.3, 0.4) is 0 Å². The highest BCUT2D eigenvalue weighted by Gasteiger charge is 2.16. The van der Waals surface area contributed by atoms with Gasteiger partial charge in [0.1, 0.15) is 0 Å². The highest BCUT2D eigenvalue weighted by Crippen LogP contribution is 2.24. The highest BCUT2D eigenvalue weighted by molar-refractivity contribution is 6.30. The topological polar surface area (TPSA) is 68.0 Å². The standard InChI is InChI=1S/C15H10ClN3O2/c16-11-4-1-5-12(7-11)19-14(8-13(18-19)15(20)21)10-3-2-6-17-9-10/h1-9H,(H,20,21). The van der Waals surface area contributed by atoms with Crippen LogP contribution in [0.2, 0.25) is 5.02 Å². The second-order valence-electron chi connectivity index (χ2n) is 4.35. The van der Waals surface area contributed by atoms with Crippen LogP contribution in [0.15, 0.2) is 54.9 Å². The van der Waals surface area contributed by atoms with Crippen molar-refractivity contribution in [2.45, 2.75) is 0 Å². The zero-order valence-corrected chi connectivity index (χ0v) is 11.5. The van der Waals surface area contributed by atoms with E-state index < -0.39 is 5.97 Å². The van der Waals surface area contributed by atoms with Crippen LogP contribution >= 0.6 is 11.6 Å². The first-order valence-electron chi connectivity index (χ1n) is 6.15. The summed E-state index contributed by atoms with van der Waals surface area (Å²) in [4.78, 5) is 15.2. The lowest BCUT2D eigenvalue weighted by atomic mass is 10.2. The van der Waals surface area contributed by atoms with E-state index in [1.165, 1.54) is 6.07 Å². The van der Waals surface area contributed by atoms with Crippen LogP contribution in [0.1, 0.15) is 10.5 Å². The number of halogens is 1. The van der Waals surface area contributed by atoms with Crippen LogP contribution in [0, 0.1) is 0 Å². The van der Waals surface area contributed by atoms with Crippen molar-refractivity contribution in [2.24, 2.45) is 0 Å². The molecule has 0 spiro atoms. The number of nitrogens with zero attached hydrogens (tertiary/aromatic N) is 3. The normalized spacial score (nSPS) is 10.5. The van der Waals surface area contributed by atoms with E-state index in [2.05, 4.69) is 10.1 Å². The number of carbonyl (C=O) groups is 1. The molecule has 104 valence electrons. The highest BCUT2D eigenvalue weighted by atomic mass is 35.5. The zero-order valence-electron chi connectivity index (χ0n) is 10.8. The van der Waals surface area contributed by atoms with Gasteiger partial charge in [-0.1, -0.05) is 17.7 Å². The Morgan fingerprint density at radius 2 is 2.05 bits per heavy atom. The van der Waals surface area contributed by atoms with Crippen molar-refractivity contribution in [1.29, 1.82) is 0 Å². The van der Waals surface area contributed by atoms with E-state index in [-0.39, 0.29) is 5.69 Å². The fraction of sp³-hybridized carbons (Fsp3) is 0. The molecule has 3 rings (SSSR count). The number of rotatable bonds is 3. The maximum absolute atomic E-state index is 11.2. The van der Waals surface area contributed by atoms with E-state index >= 15 is 0 Å². The number of hydrogen-bond donors (Lipinski definition) is 1. The van der Waals surface area contributed by atoms with Gasteiger partial charge in [-0.3, -0.25) is 4.98 Å². The minimum absolute atomic E-state index is 0.0335. The van der Waals surface area contributed by atoms with Crippen molar-refractivity contribution in [1.82, 2.24) is 14.8 Å². The minimum Gasteiger partial charge on any atom is -0.476 e. The molecule has 0 atom stereocenters. The first-order chi connectivity index (χ1) is 10.1. The molecular weight excluding hydrogens is 290 g/mol. The lowest BCUT2D eigenvalue weighted by molar-refractivity contribution is 0.0690. The third-order valence-corrected chi connectivity index (χ3v) is 3.17. The molecule has 1 aromatic carbocycles. The summed E-state index contributed by atoms with van der Waals surface area (Å²) in [5.41, 5.74) is 2.07. The Morgan fingerprint density at radius 1 is 1.19 bits per heavy atom. The molecule has 0 saturated carbocycles. The summed E-state index contributed by atoms with van der Waals surface area (Å²) >= 11 is 5.99. The predicted molar refractivity (Wildman–Crippen MR) is 78.8 cm³/mol. The zero-order chi connectivity index (χ0) is 14.8. The number of benzene rings is 1. The number of carboxylic acids is 1. The Balaban J connectivity index is 2.21. The Hall–Kier alpha value is -2.66. The molecule has 0 amide bonds. The molecule has 6 heteroatoms. The van der Waals surface area contributed by atoms with Crippen molar-refractivity contribution in [3.63, 3.8) is 0 Å². The Morgan fingerprint density at radius 3 is 2.71 bits per heavy atom. The molecule has 0 saturated heterocycles. The summed E-state index contributed by atoms with van der Waals surface area (Å²) in [5, 5.41) is 13.8. The molecule has 0 aliphatic rings. The SMILES string of the molecule is O=C(O)c1cc(-c2cccnc2)n(-c2cccc(Cl)c2)n1. The van der Waals surface area contributed by atoms with E-state index in [1.807, 2.05) is 12.1 Å². The lowest BCUT2D eigenvalue weighted by Crippen LogP contribution is -2.02. The second kappa shape index (κ2) is 5.38. The molecule has 1 N–H and O–H groups in total. The Bertz CT molecular complexity index is 800. The van der Waals surface area contributed by atoms with Crippen molar-refractivity contribution < 1.29 is 9.90 Å². The van der Waals surface area contributed by atoms with E-state index in [9.17, 15) is 4.79 Å². The number of aromatic carboxylic acids is 1. The first kappa shape index (κ1) is 13.3. The summed E-state index contributed by atoms with van der Waals surface area (Å²) in [6.07, 6.45) is 3.31. The number of aromatic nitrogens is 3. The molecule has 5 nitrogen and oxygen atoms in total. The molecule has 2 aromatic heterocycles. The van der Waals surface area contributed by atoms with Gasteiger partial charge in [-0.2, -0.15) is 5.10 Å². The van der Waals surface area contributed by atoms with Gasteiger partial charge in [0.05, 0.1) is 11.4 Å². The number of hydrogen-bond acceptors (Lipinski definition) is 3. The van der Waals surface area contributed by atoms with E-state index in [1.54, 1.807) is 41.3 Å². The molecule has 0 radical (unpaired) electrons. The van der Waals surface area contributed by atoms with E-state index in [0.717, 1.165) is 5.56 Å². The smallest absolute Gasteiger partial charge is 0.356 e. The molecular formula is C15H10ClN3O2.